The van der Waals surface area contributed by atoms with Gasteiger partial charge in [0.15, 0.2) is 0 Å². The minimum atomic E-state index is 0.196. The topological polar surface area (TPSA) is 49.5 Å². The van der Waals surface area contributed by atoms with Crippen LogP contribution in [0.3, 0.4) is 0 Å². The lowest BCUT2D eigenvalue weighted by Gasteiger charge is -2.26. The minimum absolute atomic E-state index is 0.196. The summed E-state index contributed by atoms with van der Waals surface area (Å²) in [6.07, 6.45) is 2.76. The van der Waals surface area contributed by atoms with E-state index < -0.39 is 0 Å². The molecule has 3 nitrogen and oxygen atoms in total. The molecule has 1 aromatic rings. The van der Waals surface area contributed by atoms with E-state index in [0.717, 1.165) is 35.7 Å². The molecule has 0 unspecified atom stereocenters. The van der Waals surface area contributed by atoms with Crippen molar-refractivity contribution in [2.24, 2.45) is 5.73 Å². The zero-order valence-corrected chi connectivity index (χ0v) is 12.5. The molecule has 0 bridgehead atoms. The number of aliphatic hydroxyl groups is 1. The van der Waals surface area contributed by atoms with Crippen molar-refractivity contribution in [2.45, 2.75) is 18.2 Å². The van der Waals surface area contributed by atoms with Gasteiger partial charge in [0.25, 0.3) is 0 Å². The highest BCUT2D eigenvalue weighted by molar-refractivity contribution is 7.98. The standard InChI is InChI=1S/C13H20N2OS2/c1-3-15(8-5-9-16)10-6-4-7-11(18-2)12(10)13(14)17/h4,6-7,16H,3,5,8-9H2,1-2H3,(H2,14,17). The van der Waals surface area contributed by atoms with Crippen LogP contribution >= 0.6 is 24.0 Å². The van der Waals surface area contributed by atoms with Crippen molar-refractivity contribution < 1.29 is 5.11 Å². The number of nitrogens with zero attached hydrogens (tertiary/aromatic N) is 1. The lowest BCUT2D eigenvalue weighted by Crippen LogP contribution is -2.28. The van der Waals surface area contributed by atoms with Gasteiger partial charge in [-0.2, -0.15) is 0 Å². The normalized spacial score (nSPS) is 10.4. The van der Waals surface area contributed by atoms with Gasteiger partial charge in [-0.05, 0) is 31.7 Å². The molecule has 5 heteroatoms. The Morgan fingerprint density at radius 1 is 1.50 bits per heavy atom. The fraction of sp³-hybridized carbons (Fsp3) is 0.462. The molecular formula is C13H20N2OS2. The van der Waals surface area contributed by atoms with E-state index in [0.29, 0.717) is 4.99 Å². The summed E-state index contributed by atoms with van der Waals surface area (Å²) in [4.78, 5) is 3.73. The fourth-order valence-corrected chi connectivity index (χ4v) is 2.82. The van der Waals surface area contributed by atoms with Crippen molar-refractivity contribution in [1.29, 1.82) is 0 Å². The van der Waals surface area contributed by atoms with Crippen LogP contribution in [-0.2, 0) is 0 Å². The maximum atomic E-state index is 8.96. The van der Waals surface area contributed by atoms with Crippen LogP contribution in [0.1, 0.15) is 18.9 Å². The molecule has 0 aliphatic heterocycles. The monoisotopic (exact) mass is 284 g/mol. The lowest BCUT2D eigenvalue weighted by molar-refractivity contribution is 0.289. The van der Waals surface area contributed by atoms with E-state index in [9.17, 15) is 0 Å². The van der Waals surface area contributed by atoms with Gasteiger partial charge >= 0.3 is 0 Å². The van der Waals surface area contributed by atoms with Crippen molar-refractivity contribution in [2.75, 3.05) is 30.9 Å². The van der Waals surface area contributed by atoms with Crippen LogP contribution < -0.4 is 10.6 Å². The first-order valence-corrected chi connectivity index (χ1v) is 7.61. The van der Waals surface area contributed by atoms with E-state index >= 15 is 0 Å². The van der Waals surface area contributed by atoms with Gasteiger partial charge in [-0.3, -0.25) is 0 Å². The number of hydrogen-bond acceptors (Lipinski definition) is 4. The van der Waals surface area contributed by atoms with Gasteiger partial charge in [0.05, 0.1) is 0 Å². The molecule has 18 heavy (non-hydrogen) atoms. The number of thiocarbonyl (C=S) groups is 1. The third-order valence-electron chi connectivity index (χ3n) is 2.78. The minimum Gasteiger partial charge on any atom is -0.396 e. The molecule has 0 spiro atoms. The number of aliphatic hydroxyl groups excluding tert-OH is 1. The largest absolute Gasteiger partial charge is 0.396 e. The second-order valence-electron chi connectivity index (χ2n) is 3.88. The third kappa shape index (κ3) is 3.60. The van der Waals surface area contributed by atoms with Crippen molar-refractivity contribution >= 4 is 34.7 Å². The maximum absolute atomic E-state index is 8.96. The first-order chi connectivity index (χ1) is 8.65. The summed E-state index contributed by atoms with van der Waals surface area (Å²) < 4.78 is 0. The molecular weight excluding hydrogens is 264 g/mol. The van der Waals surface area contributed by atoms with Crippen LogP contribution in [-0.4, -0.2) is 36.0 Å². The number of benzene rings is 1. The Morgan fingerprint density at radius 3 is 2.72 bits per heavy atom. The molecule has 0 fully saturated rings. The molecule has 0 atom stereocenters. The van der Waals surface area contributed by atoms with Crippen molar-refractivity contribution in [1.82, 2.24) is 0 Å². The molecule has 0 heterocycles. The summed E-state index contributed by atoms with van der Waals surface area (Å²) in [5.41, 5.74) is 7.86. The van der Waals surface area contributed by atoms with Crippen LogP contribution in [0, 0.1) is 0 Å². The van der Waals surface area contributed by atoms with E-state index in [1.165, 1.54) is 0 Å². The van der Waals surface area contributed by atoms with Gasteiger partial charge in [0.1, 0.15) is 4.99 Å². The predicted molar refractivity (Wildman–Crippen MR) is 83.7 cm³/mol. The molecule has 0 aromatic heterocycles. The Morgan fingerprint density at radius 2 is 2.22 bits per heavy atom. The van der Waals surface area contributed by atoms with Crippen LogP contribution in [0.4, 0.5) is 5.69 Å². The lowest BCUT2D eigenvalue weighted by atomic mass is 10.1. The summed E-state index contributed by atoms with van der Waals surface area (Å²) >= 11 is 6.82. The van der Waals surface area contributed by atoms with E-state index in [1.807, 2.05) is 24.5 Å². The van der Waals surface area contributed by atoms with E-state index in [-0.39, 0.29) is 6.61 Å². The molecule has 3 N–H and O–H groups in total. The molecule has 0 saturated carbocycles. The Hall–Kier alpha value is -0.780. The Labute approximate surface area is 118 Å². The van der Waals surface area contributed by atoms with E-state index in [2.05, 4.69) is 11.8 Å². The number of nitrogens with two attached hydrogens (primary N) is 1. The van der Waals surface area contributed by atoms with E-state index in [1.54, 1.807) is 11.8 Å². The maximum Gasteiger partial charge on any atom is 0.107 e. The van der Waals surface area contributed by atoms with Gasteiger partial charge in [-0.25, -0.2) is 0 Å². The Bertz CT molecular complexity index is 410. The number of anilines is 1. The summed E-state index contributed by atoms with van der Waals surface area (Å²) in [5.74, 6) is 0. The van der Waals surface area contributed by atoms with Gasteiger partial charge < -0.3 is 15.7 Å². The van der Waals surface area contributed by atoms with Crippen molar-refractivity contribution in [3.8, 4) is 0 Å². The van der Waals surface area contributed by atoms with Crippen LogP contribution in [0.2, 0.25) is 0 Å². The number of thioether (sulfide) groups is 1. The highest BCUT2D eigenvalue weighted by Crippen LogP contribution is 2.29. The van der Waals surface area contributed by atoms with Crippen molar-refractivity contribution in [3.05, 3.63) is 23.8 Å². The molecule has 0 radical (unpaired) electrons. The molecule has 0 aliphatic rings. The highest BCUT2D eigenvalue weighted by atomic mass is 32.2. The van der Waals surface area contributed by atoms with Gasteiger partial charge in [0.2, 0.25) is 0 Å². The smallest absolute Gasteiger partial charge is 0.107 e. The van der Waals surface area contributed by atoms with Crippen LogP contribution in [0.15, 0.2) is 23.1 Å². The third-order valence-corrected chi connectivity index (χ3v) is 3.76. The van der Waals surface area contributed by atoms with Crippen LogP contribution in [0.25, 0.3) is 0 Å². The molecule has 100 valence electrons. The number of hydrogen-bond donors (Lipinski definition) is 2. The molecule has 1 aromatic carbocycles. The molecule has 0 saturated heterocycles. The summed E-state index contributed by atoms with van der Waals surface area (Å²) in [7, 11) is 0. The Balaban J connectivity index is 3.16. The summed E-state index contributed by atoms with van der Waals surface area (Å²) in [6, 6.07) is 6.09. The fourth-order valence-electron chi connectivity index (χ4n) is 1.91. The molecule has 0 aliphatic carbocycles. The summed E-state index contributed by atoms with van der Waals surface area (Å²) in [6.45, 7) is 3.96. The van der Waals surface area contributed by atoms with Crippen molar-refractivity contribution in [3.63, 3.8) is 0 Å². The second kappa shape index (κ2) is 7.61. The predicted octanol–water partition coefficient (Wildman–Crippen LogP) is 2.25. The van der Waals surface area contributed by atoms with Gasteiger partial charge in [0, 0.05) is 35.8 Å². The quantitative estimate of drug-likeness (QED) is 0.594. The molecule has 1 rings (SSSR count). The zero-order chi connectivity index (χ0) is 13.5. The SMILES string of the molecule is CCN(CCCO)c1cccc(SC)c1C(N)=S. The van der Waals surface area contributed by atoms with Gasteiger partial charge in [-0.15, -0.1) is 11.8 Å². The highest BCUT2D eigenvalue weighted by Gasteiger charge is 2.14. The van der Waals surface area contributed by atoms with Gasteiger partial charge in [-0.1, -0.05) is 18.3 Å². The average molecular weight is 284 g/mol. The van der Waals surface area contributed by atoms with E-state index in [4.69, 9.17) is 23.1 Å². The first kappa shape index (κ1) is 15.3. The summed E-state index contributed by atoms with van der Waals surface area (Å²) in [5, 5.41) is 8.96. The van der Waals surface area contributed by atoms with Crippen LogP contribution in [0.5, 0.6) is 0 Å². The number of rotatable bonds is 7. The molecule has 0 amide bonds. The second-order valence-corrected chi connectivity index (χ2v) is 5.16. The average Bonchev–Trinajstić information content (AvgIpc) is 2.38. The zero-order valence-electron chi connectivity index (χ0n) is 10.8. The first-order valence-electron chi connectivity index (χ1n) is 5.98. The Kier molecular flexibility index (Phi) is 6.46.